The van der Waals surface area contributed by atoms with Crippen molar-refractivity contribution in [3.8, 4) is 5.75 Å². The second-order valence-electron chi connectivity index (χ2n) is 6.47. The third-order valence-electron chi connectivity index (χ3n) is 3.67. The number of nitrogens with zero attached hydrogens (tertiary/aromatic N) is 1. The van der Waals surface area contributed by atoms with E-state index in [1.54, 1.807) is 26.0 Å². The summed E-state index contributed by atoms with van der Waals surface area (Å²) in [5.41, 5.74) is 2.60. The molecule has 0 spiro atoms. The van der Waals surface area contributed by atoms with Crippen LogP contribution < -0.4 is 10.1 Å². The Morgan fingerprint density at radius 1 is 1.21 bits per heavy atom. The average molecular weight is 403 g/mol. The van der Waals surface area contributed by atoms with Crippen LogP contribution in [0.2, 0.25) is 0 Å². The van der Waals surface area contributed by atoms with Gasteiger partial charge in [-0.25, -0.2) is 4.98 Å². The number of esters is 1. The van der Waals surface area contributed by atoms with Gasteiger partial charge in [-0.3, -0.25) is 9.59 Å². The molecule has 1 N–H and O–H groups in total. The van der Waals surface area contributed by atoms with Gasteiger partial charge in [0.15, 0.2) is 0 Å². The summed E-state index contributed by atoms with van der Waals surface area (Å²) < 4.78 is 10.7. The zero-order chi connectivity index (χ0) is 20.7. The van der Waals surface area contributed by atoms with E-state index in [0.29, 0.717) is 28.6 Å². The van der Waals surface area contributed by atoms with E-state index in [1.807, 2.05) is 39.0 Å². The van der Waals surface area contributed by atoms with Crippen LogP contribution in [0.15, 0.2) is 35.4 Å². The number of carbonyl (C=O) groups excluding carboxylic acids is 2. The predicted molar refractivity (Wildman–Crippen MR) is 111 cm³/mol. The smallest absolute Gasteiger partial charge is 0.316 e. The highest BCUT2D eigenvalue weighted by molar-refractivity contribution is 8.00. The second-order valence-corrected chi connectivity index (χ2v) is 7.44. The highest BCUT2D eigenvalue weighted by Crippen LogP contribution is 2.28. The topological polar surface area (TPSA) is 77.5 Å². The van der Waals surface area contributed by atoms with E-state index in [1.165, 1.54) is 11.8 Å². The molecule has 6 nitrogen and oxygen atoms in total. The molecule has 1 amide bonds. The number of hydrogen-bond donors (Lipinski definition) is 1. The van der Waals surface area contributed by atoms with Crippen LogP contribution in [-0.4, -0.2) is 35.3 Å². The van der Waals surface area contributed by atoms with E-state index in [2.05, 4.69) is 10.3 Å². The molecule has 0 aliphatic carbocycles. The number of hydrogen-bond acceptors (Lipinski definition) is 6. The molecule has 1 heterocycles. The van der Waals surface area contributed by atoms with Crippen molar-refractivity contribution in [2.45, 2.75) is 45.7 Å². The van der Waals surface area contributed by atoms with Crippen LogP contribution in [0, 0.1) is 13.8 Å². The lowest BCUT2D eigenvalue weighted by molar-refractivity contribution is -0.144. The van der Waals surface area contributed by atoms with E-state index in [9.17, 15) is 9.59 Å². The van der Waals surface area contributed by atoms with Gasteiger partial charge in [0.1, 0.15) is 10.8 Å². The molecule has 28 heavy (non-hydrogen) atoms. The van der Waals surface area contributed by atoms with Crippen molar-refractivity contribution in [1.82, 2.24) is 4.98 Å². The molecule has 7 heteroatoms. The third-order valence-corrected chi connectivity index (χ3v) is 4.62. The lowest BCUT2D eigenvalue weighted by atomic mass is 10.1. The Hall–Kier alpha value is -2.54. The van der Waals surface area contributed by atoms with E-state index in [4.69, 9.17) is 9.47 Å². The molecule has 0 radical (unpaired) electrons. The Kier molecular flexibility index (Phi) is 7.87. The largest absolute Gasteiger partial charge is 0.492 e. The SMILES string of the molecule is CCOc1ccccc1NC(=O)c1c(C)cc(C)nc1SCC(=O)OC(C)C. The minimum absolute atomic E-state index is 0.0872. The first-order valence-corrected chi connectivity index (χ1v) is 10.1. The van der Waals surface area contributed by atoms with E-state index < -0.39 is 0 Å². The fraction of sp³-hybridized carbons (Fsp3) is 0.381. The Morgan fingerprint density at radius 3 is 2.61 bits per heavy atom. The van der Waals surface area contributed by atoms with Crippen molar-refractivity contribution in [3.05, 3.63) is 47.2 Å². The van der Waals surface area contributed by atoms with Crippen molar-refractivity contribution >= 4 is 29.3 Å². The van der Waals surface area contributed by atoms with Crippen molar-refractivity contribution in [3.63, 3.8) is 0 Å². The number of nitrogens with one attached hydrogen (secondary N) is 1. The standard InChI is InChI=1S/C21H26N2O4S/c1-6-26-17-10-8-7-9-16(17)23-20(25)19-14(4)11-15(5)22-21(19)28-12-18(24)27-13(2)3/h7-11,13H,6,12H2,1-5H3,(H,23,25). The number of aromatic nitrogens is 1. The molecule has 0 bridgehead atoms. The number of para-hydroxylation sites is 2. The minimum Gasteiger partial charge on any atom is -0.492 e. The van der Waals surface area contributed by atoms with Gasteiger partial charge >= 0.3 is 5.97 Å². The summed E-state index contributed by atoms with van der Waals surface area (Å²) in [5.74, 6) is 0.0563. The van der Waals surface area contributed by atoms with Crippen LogP contribution >= 0.6 is 11.8 Å². The van der Waals surface area contributed by atoms with Gasteiger partial charge in [0.2, 0.25) is 0 Å². The number of pyridine rings is 1. The molecule has 2 rings (SSSR count). The molecule has 1 aromatic carbocycles. The van der Waals surface area contributed by atoms with Crippen molar-refractivity contribution in [1.29, 1.82) is 0 Å². The van der Waals surface area contributed by atoms with Crippen LogP contribution in [0.3, 0.4) is 0 Å². The Balaban J connectivity index is 2.26. The molecule has 150 valence electrons. The monoisotopic (exact) mass is 402 g/mol. The molecule has 0 fully saturated rings. The van der Waals surface area contributed by atoms with Gasteiger partial charge in [-0.2, -0.15) is 0 Å². The summed E-state index contributed by atoms with van der Waals surface area (Å²) in [5, 5.41) is 3.40. The van der Waals surface area contributed by atoms with Gasteiger partial charge in [-0.1, -0.05) is 23.9 Å². The highest BCUT2D eigenvalue weighted by atomic mass is 32.2. The molecule has 1 aromatic heterocycles. The zero-order valence-electron chi connectivity index (χ0n) is 16.9. The Morgan fingerprint density at radius 2 is 1.93 bits per heavy atom. The fourth-order valence-electron chi connectivity index (χ4n) is 2.64. The summed E-state index contributed by atoms with van der Waals surface area (Å²) in [6.45, 7) is 9.69. The van der Waals surface area contributed by atoms with Crippen LogP contribution in [0.25, 0.3) is 0 Å². The summed E-state index contributed by atoms with van der Waals surface area (Å²) in [4.78, 5) is 29.4. The fourth-order valence-corrected chi connectivity index (χ4v) is 3.57. The van der Waals surface area contributed by atoms with E-state index >= 15 is 0 Å². The van der Waals surface area contributed by atoms with Crippen molar-refractivity contribution < 1.29 is 19.1 Å². The number of anilines is 1. The molecule has 2 aromatic rings. The molecule has 0 aliphatic rings. The number of aryl methyl sites for hydroxylation is 2. The maximum atomic E-state index is 13.0. The van der Waals surface area contributed by atoms with Gasteiger partial charge in [-0.05, 0) is 58.4 Å². The summed E-state index contributed by atoms with van der Waals surface area (Å²) >= 11 is 1.20. The number of ether oxygens (including phenoxy) is 2. The maximum absolute atomic E-state index is 13.0. The molecular weight excluding hydrogens is 376 g/mol. The zero-order valence-corrected chi connectivity index (χ0v) is 17.7. The average Bonchev–Trinajstić information content (AvgIpc) is 2.60. The van der Waals surface area contributed by atoms with Gasteiger partial charge in [0.25, 0.3) is 5.91 Å². The number of amides is 1. The van der Waals surface area contributed by atoms with Crippen LogP contribution in [0.1, 0.15) is 42.4 Å². The number of benzene rings is 1. The van der Waals surface area contributed by atoms with E-state index in [0.717, 1.165) is 11.3 Å². The molecular formula is C21H26N2O4S. The molecule has 0 atom stereocenters. The van der Waals surface area contributed by atoms with Crippen molar-refractivity contribution in [2.75, 3.05) is 17.7 Å². The van der Waals surface area contributed by atoms with Crippen molar-refractivity contribution in [2.24, 2.45) is 0 Å². The molecule has 0 saturated carbocycles. The Labute approximate surface area is 170 Å². The first kappa shape index (κ1) is 21.8. The Bertz CT molecular complexity index is 852. The number of thioether (sulfide) groups is 1. The maximum Gasteiger partial charge on any atom is 0.316 e. The summed E-state index contributed by atoms with van der Waals surface area (Å²) in [6, 6.07) is 9.11. The molecule has 0 saturated heterocycles. The van der Waals surface area contributed by atoms with Gasteiger partial charge in [-0.15, -0.1) is 0 Å². The number of carbonyl (C=O) groups is 2. The van der Waals surface area contributed by atoms with E-state index in [-0.39, 0.29) is 23.7 Å². The predicted octanol–water partition coefficient (Wildman–Crippen LogP) is 4.39. The van der Waals surface area contributed by atoms with Crippen LogP contribution in [0.4, 0.5) is 5.69 Å². The van der Waals surface area contributed by atoms with Crippen LogP contribution in [-0.2, 0) is 9.53 Å². The van der Waals surface area contributed by atoms with Gasteiger partial charge < -0.3 is 14.8 Å². The first-order chi connectivity index (χ1) is 13.3. The highest BCUT2D eigenvalue weighted by Gasteiger charge is 2.20. The van der Waals surface area contributed by atoms with Gasteiger partial charge in [0, 0.05) is 5.69 Å². The molecule has 0 aliphatic heterocycles. The number of rotatable bonds is 8. The normalized spacial score (nSPS) is 10.6. The second kappa shape index (κ2) is 10.1. The lowest BCUT2D eigenvalue weighted by Gasteiger charge is -2.15. The lowest BCUT2D eigenvalue weighted by Crippen LogP contribution is -2.18. The van der Waals surface area contributed by atoms with Gasteiger partial charge in [0.05, 0.1) is 29.7 Å². The third kappa shape index (κ3) is 5.99. The molecule has 0 unspecified atom stereocenters. The summed E-state index contributed by atoms with van der Waals surface area (Å²) in [7, 11) is 0. The minimum atomic E-state index is -0.339. The quantitative estimate of drug-likeness (QED) is 0.521. The summed E-state index contributed by atoms with van der Waals surface area (Å²) in [6.07, 6.45) is -0.182. The van der Waals surface area contributed by atoms with Crippen LogP contribution in [0.5, 0.6) is 5.75 Å². The first-order valence-electron chi connectivity index (χ1n) is 9.15.